The van der Waals surface area contributed by atoms with Gasteiger partial charge in [0.25, 0.3) is 0 Å². The maximum absolute atomic E-state index is 5.61. The molecule has 0 bridgehead atoms. The molecule has 0 amide bonds. The van der Waals surface area contributed by atoms with Crippen molar-refractivity contribution in [1.82, 2.24) is 19.9 Å². The van der Waals surface area contributed by atoms with Crippen molar-refractivity contribution < 1.29 is 4.74 Å². The first kappa shape index (κ1) is 11.3. The lowest BCUT2D eigenvalue weighted by Gasteiger charge is -2.05. The minimum absolute atomic E-state index is 0.151. The van der Waals surface area contributed by atoms with E-state index in [1.807, 2.05) is 6.92 Å². The van der Waals surface area contributed by atoms with Crippen LogP contribution in [0.5, 0.6) is 6.01 Å². The Labute approximate surface area is 98.9 Å². The zero-order valence-electron chi connectivity index (χ0n) is 9.50. The topological polar surface area (TPSA) is 86.8 Å². The van der Waals surface area contributed by atoms with Crippen molar-refractivity contribution in [3.05, 3.63) is 24.5 Å². The minimum Gasteiger partial charge on any atom is -0.463 e. The summed E-state index contributed by atoms with van der Waals surface area (Å²) in [5, 5.41) is 0. The van der Waals surface area contributed by atoms with Gasteiger partial charge in [0.2, 0.25) is 5.95 Å². The maximum Gasteiger partial charge on any atom is 0.321 e. The number of hydrogen-bond donors (Lipinski definition) is 1. The molecule has 2 heterocycles. The molecule has 6 nitrogen and oxygen atoms in total. The number of ether oxygens (including phenoxy) is 1. The number of nitrogen functional groups attached to an aromatic ring is 1. The third-order valence-electron chi connectivity index (χ3n) is 2.01. The van der Waals surface area contributed by atoms with Crippen molar-refractivity contribution in [3.63, 3.8) is 0 Å². The lowest BCUT2D eigenvalue weighted by molar-refractivity contribution is 0.292. The number of rotatable bonds is 4. The molecule has 0 saturated heterocycles. The standard InChI is InChI=1S/C11H13N5O/c1-2-7-17-11-15-9(14-10(12)16-11)8-3-5-13-6-4-8/h3-6H,2,7H2,1H3,(H2,12,14,15,16). The fourth-order valence-electron chi connectivity index (χ4n) is 1.26. The molecule has 88 valence electrons. The highest BCUT2D eigenvalue weighted by atomic mass is 16.5. The van der Waals surface area contributed by atoms with Crippen LogP contribution >= 0.6 is 0 Å². The molecule has 0 aromatic carbocycles. The number of hydrogen-bond acceptors (Lipinski definition) is 6. The maximum atomic E-state index is 5.61. The molecule has 0 saturated carbocycles. The van der Waals surface area contributed by atoms with Gasteiger partial charge >= 0.3 is 6.01 Å². The highest BCUT2D eigenvalue weighted by Crippen LogP contribution is 2.16. The Balaban J connectivity index is 2.32. The van der Waals surface area contributed by atoms with E-state index in [1.165, 1.54) is 0 Å². The van der Waals surface area contributed by atoms with Gasteiger partial charge in [0.15, 0.2) is 5.82 Å². The van der Waals surface area contributed by atoms with Gasteiger partial charge in [-0.15, -0.1) is 0 Å². The molecule has 0 aliphatic carbocycles. The number of nitrogens with zero attached hydrogens (tertiary/aromatic N) is 4. The minimum atomic E-state index is 0.151. The smallest absolute Gasteiger partial charge is 0.321 e. The van der Waals surface area contributed by atoms with Crippen LogP contribution < -0.4 is 10.5 Å². The summed E-state index contributed by atoms with van der Waals surface area (Å²) in [7, 11) is 0. The van der Waals surface area contributed by atoms with Crippen LogP contribution in [-0.2, 0) is 0 Å². The van der Waals surface area contributed by atoms with Gasteiger partial charge in [0.1, 0.15) is 0 Å². The van der Waals surface area contributed by atoms with Crippen LogP contribution in [-0.4, -0.2) is 26.5 Å². The average Bonchev–Trinajstić information content (AvgIpc) is 2.37. The van der Waals surface area contributed by atoms with Gasteiger partial charge in [-0.25, -0.2) is 0 Å². The summed E-state index contributed by atoms with van der Waals surface area (Å²) in [5.41, 5.74) is 6.44. The summed E-state index contributed by atoms with van der Waals surface area (Å²) >= 11 is 0. The Morgan fingerprint density at radius 2 is 1.94 bits per heavy atom. The van der Waals surface area contributed by atoms with Crippen molar-refractivity contribution in [2.45, 2.75) is 13.3 Å². The first-order valence-electron chi connectivity index (χ1n) is 5.34. The molecule has 0 aliphatic rings. The molecule has 0 radical (unpaired) electrons. The van der Waals surface area contributed by atoms with Crippen molar-refractivity contribution >= 4 is 5.95 Å². The van der Waals surface area contributed by atoms with E-state index in [9.17, 15) is 0 Å². The Kier molecular flexibility index (Phi) is 3.44. The van der Waals surface area contributed by atoms with Gasteiger partial charge in [0, 0.05) is 18.0 Å². The molecule has 0 atom stereocenters. The van der Waals surface area contributed by atoms with Crippen molar-refractivity contribution in [1.29, 1.82) is 0 Å². The van der Waals surface area contributed by atoms with Crippen LogP contribution in [0.2, 0.25) is 0 Å². The first-order chi connectivity index (χ1) is 8.29. The second kappa shape index (κ2) is 5.20. The third kappa shape index (κ3) is 2.87. The molecule has 2 aromatic heterocycles. The van der Waals surface area contributed by atoms with Crippen LogP contribution in [0.1, 0.15) is 13.3 Å². The number of anilines is 1. The van der Waals surface area contributed by atoms with Gasteiger partial charge in [-0.05, 0) is 18.6 Å². The van der Waals surface area contributed by atoms with Crippen LogP contribution in [0, 0.1) is 0 Å². The molecule has 2 N–H and O–H groups in total. The molecular formula is C11H13N5O. The Hall–Kier alpha value is -2.24. The van der Waals surface area contributed by atoms with E-state index in [1.54, 1.807) is 24.5 Å². The zero-order valence-corrected chi connectivity index (χ0v) is 9.50. The zero-order chi connectivity index (χ0) is 12.1. The van der Waals surface area contributed by atoms with Crippen LogP contribution in [0.25, 0.3) is 11.4 Å². The predicted octanol–water partition coefficient (Wildman–Crippen LogP) is 1.30. The Morgan fingerprint density at radius 1 is 1.18 bits per heavy atom. The summed E-state index contributed by atoms with van der Waals surface area (Å²) < 4.78 is 5.34. The molecule has 0 unspecified atom stereocenters. The molecule has 0 spiro atoms. The van der Waals surface area contributed by atoms with Gasteiger partial charge in [-0.2, -0.15) is 15.0 Å². The van der Waals surface area contributed by atoms with E-state index in [0.29, 0.717) is 12.4 Å². The SMILES string of the molecule is CCCOc1nc(N)nc(-c2ccncc2)n1. The fraction of sp³-hybridized carbons (Fsp3) is 0.273. The highest BCUT2D eigenvalue weighted by molar-refractivity contribution is 5.54. The summed E-state index contributed by atoms with van der Waals surface area (Å²) in [6.45, 7) is 2.56. The van der Waals surface area contributed by atoms with Crippen LogP contribution in [0.3, 0.4) is 0 Å². The molecule has 0 fully saturated rings. The fourth-order valence-corrected chi connectivity index (χ4v) is 1.26. The quantitative estimate of drug-likeness (QED) is 0.853. The normalized spacial score (nSPS) is 10.2. The van der Waals surface area contributed by atoms with E-state index in [-0.39, 0.29) is 12.0 Å². The van der Waals surface area contributed by atoms with Crippen LogP contribution in [0.4, 0.5) is 5.95 Å². The van der Waals surface area contributed by atoms with Gasteiger partial charge in [-0.1, -0.05) is 6.92 Å². The van der Waals surface area contributed by atoms with E-state index in [4.69, 9.17) is 10.5 Å². The second-order valence-corrected chi connectivity index (χ2v) is 3.38. The summed E-state index contributed by atoms with van der Waals surface area (Å²) in [4.78, 5) is 16.1. The van der Waals surface area contributed by atoms with E-state index in [2.05, 4.69) is 19.9 Å². The largest absolute Gasteiger partial charge is 0.463 e. The third-order valence-corrected chi connectivity index (χ3v) is 2.01. The highest BCUT2D eigenvalue weighted by Gasteiger charge is 2.07. The van der Waals surface area contributed by atoms with Crippen molar-refractivity contribution in [2.24, 2.45) is 0 Å². The van der Waals surface area contributed by atoms with E-state index in [0.717, 1.165) is 12.0 Å². The molecular weight excluding hydrogens is 218 g/mol. The monoisotopic (exact) mass is 231 g/mol. The van der Waals surface area contributed by atoms with Gasteiger partial charge in [0.05, 0.1) is 6.61 Å². The summed E-state index contributed by atoms with van der Waals surface area (Å²) in [6, 6.07) is 3.86. The average molecular weight is 231 g/mol. The van der Waals surface area contributed by atoms with Crippen molar-refractivity contribution in [3.8, 4) is 17.4 Å². The van der Waals surface area contributed by atoms with E-state index < -0.39 is 0 Å². The summed E-state index contributed by atoms with van der Waals surface area (Å²) in [5.74, 6) is 0.643. The molecule has 2 rings (SSSR count). The summed E-state index contributed by atoms with van der Waals surface area (Å²) in [6.07, 6.45) is 4.22. The number of nitrogens with two attached hydrogens (primary N) is 1. The van der Waals surface area contributed by atoms with Crippen molar-refractivity contribution in [2.75, 3.05) is 12.3 Å². The molecule has 0 aliphatic heterocycles. The second-order valence-electron chi connectivity index (χ2n) is 3.38. The van der Waals surface area contributed by atoms with Crippen LogP contribution in [0.15, 0.2) is 24.5 Å². The lowest BCUT2D eigenvalue weighted by Crippen LogP contribution is -2.05. The number of aromatic nitrogens is 4. The first-order valence-corrected chi connectivity index (χ1v) is 5.34. The Bertz CT molecular complexity index is 488. The predicted molar refractivity (Wildman–Crippen MR) is 63.3 cm³/mol. The van der Waals surface area contributed by atoms with Gasteiger partial charge in [-0.3, -0.25) is 4.98 Å². The van der Waals surface area contributed by atoms with Gasteiger partial charge < -0.3 is 10.5 Å². The lowest BCUT2D eigenvalue weighted by atomic mass is 10.2. The molecule has 2 aromatic rings. The van der Waals surface area contributed by atoms with E-state index >= 15 is 0 Å². The Morgan fingerprint density at radius 3 is 2.65 bits per heavy atom. The number of pyridine rings is 1. The molecule has 17 heavy (non-hydrogen) atoms. The molecule has 6 heteroatoms.